The molecule has 0 fully saturated rings. The van der Waals surface area contributed by atoms with Gasteiger partial charge in [-0.2, -0.15) is 0 Å². The number of nitrogens with zero attached hydrogens (tertiary/aromatic N) is 2. The third-order valence-corrected chi connectivity index (χ3v) is 4.23. The first kappa shape index (κ1) is 20.1. The minimum absolute atomic E-state index is 0.172. The van der Waals surface area contributed by atoms with Crippen LogP contribution < -0.4 is 9.80 Å². The monoisotopic (exact) mass is 364 g/mol. The SMILES string of the molecule is C=Cc1ccc(N(C)C(=O)COCC(=O)N(C)c2ccc(C=C)cc2)cc1. The first-order chi connectivity index (χ1) is 13.0. The molecule has 27 heavy (non-hydrogen) atoms. The average molecular weight is 364 g/mol. The van der Waals surface area contributed by atoms with Gasteiger partial charge in [-0.1, -0.05) is 49.6 Å². The van der Waals surface area contributed by atoms with Crippen molar-refractivity contribution in [3.8, 4) is 0 Å². The standard InChI is InChI=1S/C22H24N2O3/c1-5-17-7-11-19(12-8-17)23(3)21(25)15-27-16-22(26)24(4)20-13-9-18(6-2)10-14-20/h5-14H,1-2,15-16H2,3-4H3. The van der Waals surface area contributed by atoms with Gasteiger partial charge in [-0.05, 0) is 35.4 Å². The van der Waals surface area contributed by atoms with Crippen LogP contribution in [0.25, 0.3) is 12.2 Å². The summed E-state index contributed by atoms with van der Waals surface area (Å²) in [5, 5.41) is 0. The van der Waals surface area contributed by atoms with Gasteiger partial charge in [0.2, 0.25) is 0 Å². The van der Waals surface area contributed by atoms with E-state index in [0.29, 0.717) is 0 Å². The van der Waals surface area contributed by atoms with Crippen molar-refractivity contribution < 1.29 is 14.3 Å². The first-order valence-electron chi connectivity index (χ1n) is 8.52. The van der Waals surface area contributed by atoms with Crippen LogP contribution in [-0.4, -0.2) is 39.1 Å². The lowest BCUT2D eigenvalue weighted by Crippen LogP contribution is -2.34. The fraction of sp³-hybridized carbons (Fsp3) is 0.182. The van der Waals surface area contributed by atoms with Crippen molar-refractivity contribution in [2.45, 2.75) is 0 Å². The fourth-order valence-corrected chi connectivity index (χ4v) is 2.38. The van der Waals surface area contributed by atoms with Gasteiger partial charge >= 0.3 is 0 Å². The van der Waals surface area contributed by atoms with Gasteiger partial charge in [0, 0.05) is 25.5 Å². The zero-order valence-corrected chi connectivity index (χ0v) is 15.7. The molecule has 2 aromatic carbocycles. The van der Waals surface area contributed by atoms with Crippen LogP contribution in [0, 0.1) is 0 Å². The molecule has 0 unspecified atom stereocenters. The largest absolute Gasteiger partial charge is 0.362 e. The minimum Gasteiger partial charge on any atom is -0.362 e. The Hall–Kier alpha value is -3.18. The summed E-state index contributed by atoms with van der Waals surface area (Å²) in [7, 11) is 3.34. The molecule has 0 saturated carbocycles. The first-order valence-corrected chi connectivity index (χ1v) is 8.52. The number of amides is 2. The molecule has 0 radical (unpaired) electrons. The van der Waals surface area contributed by atoms with E-state index in [0.717, 1.165) is 22.5 Å². The number of hydrogen-bond donors (Lipinski definition) is 0. The molecule has 0 spiro atoms. The molecule has 0 aliphatic heterocycles. The van der Waals surface area contributed by atoms with Gasteiger partial charge in [0.1, 0.15) is 13.2 Å². The predicted octanol–water partition coefficient (Wildman–Crippen LogP) is 3.62. The molecule has 2 rings (SSSR count). The number of carbonyl (C=O) groups excluding carboxylic acids is 2. The maximum atomic E-state index is 12.2. The molecule has 0 aliphatic rings. The van der Waals surface area contributed by atoms with Crippen molar-refractivity contribution in [2.24, 2.45) is 0 Å². The van der Waals surface area contributed by atoms with Gasteiger partial charge < -0.3 is 14.5 Å². The Labute approximate surface area is 160 Å². The summed E-state index contributed by atoms with van der Waals surface area (Å²) in [4.78, 5) is 27.5. The normalized spacial score (nSPS) is 10.1. The smallest absolute Gasteiger partial charge is 0.252 e. The van der Waals surface area contributed by atoms with E-state index < -0.39 is 0 Å². The van der Waals surface area contributed by atoms with Crippen molar-refractivity contribution in [2.75, 3.05) is 37.1 Å². The maximum absolute atomic E-state index is 12.2. The zero-order valence-electron chi connectivity index (χ0n) is 15.7. The Morgan fingerprint density at radius 1 is 0.778 bits per heavy atom. The van der Waals surface area contributed by atoms with E-state index in [4.69, 9.17) is 4.74 Å². The lowest BCUT2D eigenvalue weighted by molar-refractivity contribution is -0.127. The molecule has 5 nitrogen and oxygen atoms in total. The van der Waals surface area contributed by atoms with Gasteiger partial charge in [0.25, 0.3) is 11.8 Å². The molecule has 0 atom stereocenters. The van der Waals surface area contributed by atoms with Crippen LogP contribution in [0.3, 0.4) is 0 Å². The van der Waals surface area contributed by atoms with Crippen LogP contribution in [-0.2, 0) is 14.3 Å². The molecule has 140 valence electrons. The Kier molecular flexibility index (Phi) is 7.08. The van der Waals surface area contributed by atoms with Crippen molar-refractivity contribution >= 4 is 35.3 Å². The summed E-state index contributed by atoms with van der Waals surface area (Å²) >= 11 is 0. The Morgan fingerprint density at radius 3 is 1.41 bits per heavy atom. The lowest BCUT2D eigenvalue weighted by atomic mass is 10.2. The third kappa shape index (κ3) is 5.39. The molecular formula is C22H24N2O3. The van der Waals surface area contributed by atoms with Crippen LogP contribution in [0.2, 0.25) is 0 Å². The molecule has 2 aromatic rings. The number of likely N-dealkylation sites (N-methyl/N-ethyl adjacent to an activating group) is 2. The molecule has 0 N–H and O–H groups in total. The lowest BCUT2D eigenvalue weighted by Gasteiger charge is -2.19. The number of ether oxygens (including phenoxy) is 1. The number of carbonyl (C=O) groups is 2. The summed E-state index contributed by atoms with van der Waals surface area (Å²) in [5.41, 5.74) is 3.45. The van der Waals surface area contributed by atoms with E-state index in [2.05, 4.69) is 13.2 Å². The second-order valence-corrected chi connectivity index (χ2v) is 5.99. The highest BCUT2D eigenvalue weighted by Crippen LogP contribution is 2.16. The van der Waals surface area contributed by atoms with Crippen LogP contribution in [0.5, 0.6) is 0 Å². The highest BCUT2D eigenvalue weighted by atomic mass is 16.5. The molecule has 0 aliphatic carbocycles. The van der Waals surface area contributed by atoms with Gasteiger partial charge in [-0.3, -0.25) is 9.59 Å². The number of hydrogen-bond acceptors (Lipinski definition) is 3. The van der Waals surface area contributed by atoms with E-state index in [9.17, 15) is 9.59 Å². The van der Waals surface area contributed by atoms with Crippen LogP contribution in [0.15, 0.2) is 61.7 Å². The van der Waals surface area contributed by atoms with Gasteiger partial charge in [-0.15, -0.1) is 0 Å². The number of rotatable bonds is 8. The zero-order chi connectivity index (χ0) is 19.8. The van der Waals surface area contributed by atoms with E-state index in [1.807, 2.05) is 48.5 Å². The Balaban J connectivity index is 1.84. The molecule has 5 heteroatoms. The summed E-state index contributed by atoms with van der Waals surface area (Å²) in [6.45, 7) is 7.06. The van der Waals surface area contributed by atoms with Gasteiger partial charge in [0.05, 0.1) is 0 Å². The highest BCUT2D eigenvalue weighted by molar-refractivity contribution is 5.95. The molecule has 0 bridgehead atoms. The van der Waals surface area contributed by atoms with Crippen LogP contribution in [0.4, 0.5) is 11.4 Å². The second-order valence-electron chi connectivity index (χ2n) is 5.99. The van der Waals surface area contributed by atoms with Crippen LogP contribution in [0.1, 0.15) is 11.1 Å². The Bertz CT molecular complexity index is 741. The van der Waals surface area contributed by atoms with Crippen molar-refractivity contribution in [3.05, 3.63) is 72.8 Å². The molecule has 0 saturated heterocycles. The maximum Gasteiger partial charge on any atom is 0.252 e. The predicted molar refractivity (Wildman–Crippen MR) is 111 cm³/mol. The topological polar surface area (TPSA) is 49.9 Å². The number of benzene rings is 2. The van der Waals surface area contributed by atoms with Crippen LogP contribution >= 0.6 is 0 Å². The summed E-state index contributed by atoms with van der Waals surface area (Å²) in [6, 6.07) is 14.8. The second kappa shape index (κ2) is 9.50. The molecule has 2 amide bonds. The fourth-order valence-electron chi connectivity index (χ4n) is 2.38. The third-order valence-electron chi connectivity index (χ3n) is 4.23. The summed E-state index contributed by atoms with van der Waals surface area (Å²) < 4.78 is 5.32. The van der Waals surface area contributed by atoms with E-state index in [1.165, 1.54) is 9.80 Å². The summed E-state index contributed by atoms with van der Waals surface area (Å²) in [5.74, 6) is -0.459. The molecule has 0 heterocycles. The Morgan fingerprint density at radius 2 is 1.11 bits per heavy atom. The van der Waals surface area contributed by atoms with Crippen molar-refractivity contribution in [1.29, 1.82) is 0 Å². The number of anilines is 2. The van der Waals surface area contributed by atoms with Gasteiger partial charge in [0.15, 0.2) is 0 Å². The molecule has 0 aromatic heterocycles. The van der Waals surface area contributed by atoms with Gasteiger partial charge in [-0.25, -0.2) is 0 Å². The quantitative estimate of drug-likeness (QED) is 0.719. The van der Waals surface area contributed by atoms with E-state index in [1.54, 1.807) is 26.2 Å². The van der Waals surface area contributed by atoms with E-state index >= 15 is 0 Å². The molecular weight excluding hydrogens is 340 g/mol. The van der Waals surface area contributed by atoms with Crippen molar-refractivity contribution in [1.82, 2.24) is 0 Å². The minimum atomic E-state index is -0.229. The van der Waals surface area contributed by atoms with E-state index in [-0.39, 0.29) is 25.0 Å². The highest BCUT2D eigenvalue weighted by Gasteiger charge is 2.14. The van der Waals surface area contributed by atoms with Crippen molar-refractivity contribution in [3.63, 3.8) is 0 Å². The summed E-state index contributed by atoms with van der Waals surface area (Å²) in [6.07, 6.45) is 3.48. The average Bonchev–Trinajstić information content (AvgIpc) is 2.72.